The standard InChI is InChI=1S/C20H42ClN/c1-3-5-7-9-11-13-15-17-19-22(21)20-18-16-14-12-10-8-6-4-2/h3-20H2,1-2H3. The molecular formula is C20H42ClN. The Morgan fingerprint density at radius 3 is 1.05 bits per heavy atom. The van der Waals surface area contributed by atoms with Crippen LogP contribution in [0.15, 0.2) is 0 Å². The van der Waals surface area contributed by atoms with Crippen molar-refractivity contribution in [3.63, 3.8) is 0 Å². The molecule has 0 aliphatic heterocycles. The fourth-order valence-corrected chi connectivity index (χ4v) is 3.19. The first-order valence-corrected chi connectivity index (χ1v) is 10.6. The quantitative estimate of drug-likeness (QED) is 0.183. The molecule has 0 saturated carbocycles. The minimum absolute atomic E-state index is 1.08. The Hall–Kier alpha value is 0.250. The molecule has 0 atom stereocenters. The van der Waals surface area contributed by atoms with Crippen molar-refractivity contribution in [1.82, 2.24) is 4.42 Å². The maximum absolute atomic E-state index is 6.28. The smallest absolute Gasteiger partial charge is 0.0139 e. The second-order valence-electron chi connectivity index (χ2n) is 6.86. The summed E-state index contributed by atoms with van der Waals surface area (Å²) in [6, 6.07) is 0. The van der Waals surface area contributed by atoms with Gasteiger partial charge in [0.25, 0.3) is 0 Å². The largest absolute Gasteiger partial charge is 0.220 e. The molecule has 0 bridgehead atoms. The predicted molar refractivity (Wildman–Crippen MR) is 103 cm³/mol. The zero-order valence-electron chi connectivity index (χ0n) is 15.6. The van der Waals surface area contributed by atoms with Crippen molar-refractivity contribution in [3.8, 4) is 0 Å². The lowest BCUT2D eigenvalue weighted by atomic mass is 10.1. The molecular weight excluding hydrogens is 290 g/mol. The molecule has 0 rings (SSSR count). The molecule has 0 N–H and O–H groups in total. The fourth-order valence-electron chi connectivity index (χ4n) is 2.95. The predicted octanol–water partition coefficient (Wildman–Crippen LogP) is 7.72. The molecule has 0 amide bonds. The molecule has 1 nitrogen and oxygen atoms in total. The van der Waals surface area contributed by atoms with Crippen molar-refractivity contribution in [3.05, 3.63) is 0 Å². The van der Waals surface area contributed by atoms with Gasteiger partial charge in [-0.25, -0.2) is 4.42 Å². The van der Waals surface area contributed by atoms with Gasteiger partial charge in [-0.3, -0.25) is 0 Å². The van der Waals surface area contributed by atoms with Crippen molar-refractivity contribution in [2.45, 2.75) is 117 Å². The highest BCUT2D eigenvalue weighted by molar-refractivity contribution is 6.13. The Morgan fingerprint density at radius 2 is 0.727 bits per heavy atom. The zero-order chi connectivity index (χ0) is 16.3. The molecule has 0 unspecified atom stereocenters. The number of hydrogen-bond acceptors (Lipinski definition) is 1. The Kier molecular flexibility index (Phi) is 19.5. The fraction of sp³-hybridized carbons (Fsp3) is 1.00. The molecule has 22 heavy (non-hydrogen) atoms. The molecule has 0 aromatic carbocycles. The zero-order valence-corrected chi connectivity index (χ0v) is 16.3. The van der Waals surface area contributed by atoms with E-state index in [-0.39, 0.29) is 0 Å². The molecule has 0 heterocycles. The summed E-state index contributed by atoms with van der Waals surface area (Å²) in [5.41, 5.74) is 0. The van der Waals surface area contributed by atoms with Gasteiger partial charge in [-0.1, -0.05) is 104 Å². The van der Waals surface area contributed by atoms with E-state index in [0.29, 0.717) is 0 Å². The number of hydrogen-bond donors (Lipinski definition) is 0. The molecule has 0 aromatic rings. The van der Waals surface area contributed by atoms with E-state index in [4.69, 9.17) is 11.8 Å². The van der Waals surface area contributed by atoms with Crippen LogP contribution in [0.25, 0.3) is 0 Å². The Balaban J connectivity index is 3.11. The maximum Gasteiger partial charge on any atom is 0.0139 e. The molecule has 0 spiro atoms. The van der Waals surface area contributed by atoms with Gasteiger partial charge in [0.1, 0.15) is 0 Å². The van der Waals surface area contributed by atoms with Gasteiger partial charge in [-0.05, 0) is 24.6 Å². The van der Waals surface area contributed by atoms with E-state index in [2.05, 4.69) is 13.8 Å². The summed E-state index contributed by atoms with van der Waals surface area (Å²) in [5, 5.41) is 0. The molecule has 0 aliphatic rings. The van der Waals surface area contributed by atoms with Gasteiger partial charge < -0.3 is 0 Å². The highest BCUT2D eigenvalue weighted by Gasteiger charge is 2.00. The van der Waals surface area contributed by atoms with Gasteiger partial charge in [0, 0.05) is 13.1 Å². The van der Waals surface area contributed by atoms with Gasteiger partial charge in [0.15, 0.2) is 0 Å². The van der Waals surface area contributed by atoms with Crippen molar-refractivity contribution in [1.29, 1.82) is 0 Å². The lowest BCUT2D eigenvalue weighted by molar-refractivity contribution is 0.411. The summed E-state index contributed by atoms with van der Waals surface area (Å²) in [5.74, 6) is 0. The number of halogens is 1. The summed E-state index contributed by atoms with van der Waals surface area (Å²) in [4.78, 5) is 0. The second-order valence-corrected chi connectivity index (χ2v) is 7.34. The van der Waals surface area contributed by atoms with Crippen LogP contribution < -0.4 is 0 Å². The van der Waals surface area contributed by atoms with Crippen LogP contribution in [0.5, 0.6) is 0 Å². The van der Waals surface area contributed by atoms with E-state index in [9.17, 15) is 0 Å². The van der Waals surface area contributed by atoms with Crippen molar-refractivity contribution in [2.24, 2.45) is 0 Å². The van der Waals surface area contributed by atoms with Gasteiger partial charge in [0.05, 0.1) is 0 Å². The summed E-state index contributed by atoms with van der Waals surface area (Å²) in [6.07, 6.45) is 22.1. The number of rotatable bonds is 18. The van der Waals surface area contributed by atoms with E-state index in [1.54, 1.807) is 0 Å². The molecule has 2 heteroatoms. The number of nitrogens with zero attached hydrogens (tertiary/aromatic N) is 1. The Morgan fingerprint density at radius 1 is 0.455 bits per heavy atom. The lowest BCUT2D eigenvalue weighted by Gasteiger charge is -2.13. The summed E-state index contributed by atoms with van der Waals surface area (Å²) in [7, 11) is 0. The lowest BCUT2D eigenvalue weighted by Crippen LogP contribution is -2.15. The second kappa shape index (κ2) is 19.3. The minimum atomic E-state index is 1.08. The highest BCUT2D eigenvalue weighted by atomic mass is 35.5. The van der Waals surface area contributed by atoms with Gasteiger partial charge in [-0.2, -0.15) is 0 Å². The van der Waals surface area contributed by atoms with Crippen LogP contribution >= 0.6 is 11.8 Å². The van der Waals surface area contributed by atoms with Crippen LogP contribution in [0.3, 0.4) is 0 Å². The maximum atomic E-state index is 6.28. The Bertz CT molecular complexity index is 176. The summed E-state index contributed by atoms with van der Waals surface area (Å²) in [6.45, 7) is 6.71. The van der Waals surface area contributed by atoms with E-state index >= 15 is 0 Å². The topological polar surface area (TPSA) is 3.24 Å². The molecule has 0 radical (unpaired) electrons. The Labute approximate surface area is 146 Å². The number of unbranched alkanes of at least 4 members (excludes halogenated alkanes) is 14. The van der Waals surface area contributed by atoms with Crippen molar-refractivity contribution < 1.29 is 0 Å². The summed E-state index contributed by atoms with van der Waals surface area (Å²) < 4.78 is 2.02. The van der Waals surface area contributed by atoms with E-state index in [1.165, 1.54) is 103 Å². The van der Waals surface area contributed by atoms with Gasteiger partial charge in [-0.15, -0.1) is 0 Å². The van der Waals surface area contributed by atoms with E-state index in [0.717, 1.165) is 13.1 Å². The van der Waals surface area contributed by atoms with Crippen LogP contribution in [0.1, 0.15) is 117 Å². The SMILES string of the molecule is CCCCCCCCCCN(Cl)CCCCCCCCCC. The third kappa shape index (κ3) is 18.3. The summed E-state index contributed by atoms with van der Waals surface area (Å²) >= 11 is 6.28. The van der Waals surface area contributed by atoms with Crippen molar-refractivity contribution >= 4 is 11.8 Å². The average molecular weight is 332 g/mol. The van der Waals surface area contributed by atoms with Crippen LogP contribution in [-0.2, 0) is 0 Å². The molecule has 134 valence electrons. The van der Waals surface area contributed by atoms with Crippen molar-refractivity contribution in [2.75, 3.05) is 13.1 Å². The van der Waals surface area contributed by atoms with E-state index in [1.807, 2.05) is 4.42 Å². The first-order chi connectivity index (χ1) is 10.8. The van der Waals surface area contributed by atoms with Crippen LogP contribution in [0.2, 0.25) is 0 Å². The third-order valence-electron chi connectivity index (χ3n) is 4.51. The van der Waals surface area contributed by atoms with E-state index < -0.39 is 0 Å². The molecule has 0 saturated heterocycles. The minimum Gasteiger partial charge on any atom is -0.220 e. The molecule has 0 fully saturated rings. The molecule has 0 aliphatic carbocycles. The average Bonchev–Trinajstić information content (AvgIpc) is 2.52. The van der Waals surface area contributed by atoms with Crippen LogP contribution in [0.4, 0.5) is 0 Å². The van der Waals surface area contributed by atoms with Gasteiger partial charge in [0.2, 0.25) is 0 Å². The monoisotopic (exact) mass is 331 g/mol. The normalized spacial score (nSPS) is 11.5. The highest BCUT2D eigenvalue weighted by Crippen LogP contribution is 2.11. The van der Waals surface area contributed by atoms with Crippen LogP contribution in [-0.4, -0.2) is 17.5 Å². The molecule has 0 aromatic heterocycles. The first kappa shape index (κ1) is 22.2. The van der Waals surface area contributed by atoms with Gasteiger partial charge >= 0.3 is 0 Å². The van der Waals surface area contributed by atoms with Crippen LogP contribution in [0, 0.1) is 0 Å². The first-order valence-electron chi connectivity index (χ1n) is 10.2. The third-order valence-corrected chi connectivity index (χ3v) is 4.85.